The molecule has 0 unspecified atom stereocenters. The summed E-state index contributed by atoms with van der Waals surface area (Å²) in [6, 6.07) is 38.7. The molecule has 178 valence electrons. The lowest BCUT2D eigenvalue weighted by Crippen LogP contribution is -2.09. The van der Waals surface area contributed by atoms with Crippen LogP contribution in [0, 0.1) is 0 Å². The minimum absolute atomic E-state index is 0.104. The van der Waals surface area contributed by atoms with Crippen molar-refractivity contribution in [1.29, 1.82) is 0 Å². The molecule has 4 heteroatoms. The molecule has 4 nitrogen and oxygen atoms in total. The molecule has 37 heavy (non-hydrogen) atoms. The number of para-hydroxylation sites is 2. The number of aromatic hydroxyl groups is 1. The van der Waals surface area contributed by atoms with Crippen molar-refractivity contribution < 1.29 is 9.52 Å². The van der Waals surface area contributed by atoms with Crippen LogP contribution in [-0.2, 0) is 0 Å². The monoisotopic (exact) mass is 481 g/mol. The van der Waals surface area contributed by atoms with Crippen LogP contribution in [0.1, 0.15) is 16.7 Å². The van der Waals surface area contributed by atoms with Gasteiger partial charge in [-0.3, -0.25) is 0 Å². The van der Waals surface area contributed by atoms with Gasteiger partial charge < -0.3 is 14.8 Å². The summed E-state index contributed by atoms with van der Waals surface area (Å²) in [5, 5.41) is 17.4. The first-order valence-electron chi connectivity index (χ1n) is 12.1. The molecule has 0 radical (unpaired) electrons. The summed E-state index contributed by atoms with van der Waals surface area (Å²) in [5.41, 5.74) is 3.83. The highest BCUT2D eigenvalue weighted by Gasteiger charge is 2.23. The Morgan fingerprint density at radius 2 is 1.32 bits per heavy atom. The van der Waals surface area contributed by atoms with Crippen molar-refractivity contribution >= 4 is 44.8 Å². The van der Waals surface area contributed by atoms with E-state index in [9.17, 15) is 9.90 Å². The zero-order valence-electron chi connectivity index (χ0n) is 19.9. The Balaban J connectivity index is 1.71. The lowest BCUT2D eigenvalue weighted by molar-refractivity contribution is 0.465. The second-order valence-corrected chi connectivity index (χ2v) is 8.78. The van der Waals surface area contributed by atoms with Gasteiger partial charge in [0.25, 0.3) is 0 Å². The van der Waals surface area contributed by atoms with Gasteiger partial charge in [-0.2, -0.15) is 0 Å². The predicted octanol–water partition coefficient (Wildman–Crippen LogP) is 7.98. The highest BCUT2D eigenvalue weighted by atomic mass is 16.4. The van der Waals surface area contributed by atoms with Gasteiger partial charge in [0, 0.05) is 22.5 Å². The molecular formula is C33H23NO3. The van der Waals surface area contributed by atoms with Gasteiger partial charge in [0.15, 0.2) is 0 Å². The van der Waals surface area contributed by atoms with E-state index >= 15 is 0 Å². The molecule has 0 spiro atoms. The van der Waals surface area contributed by atoms with E-state index < -0.39 is 5.63 Å². The van der Waals surface area contributed by atoms with E-state index in [1.165, 1.54) is 0 Å². The Kier molecular flexibility index (Phi) is 5.75. The van der Waals surface area contributed by atoms with Crippen molar-refractivity contribution in [1.82, 2.24) is 0 Å². The average Bonchev–Trinajstić information content (AvgIpc) is 2.94. The largest absolute Gasteiger partial charge is 0.506 e. The fourth-order valence-electron chi connectivity index (χ4n) is 4.70. The number of benzene rings is 5. The SMILES string of the molecule is O=c1oc2ccccc2c(O)c1/C(=C/c1ccccc1)c1c(Nc2ccccc2)ccc2ccccc12. The summed E-state index contributed by atoms with van der Waals surface area (Å²) in [6.45, 7) is 0. The second-order valence-electron chi connectivity index (χ2n) is 8.78. The van der Waals surface area contributed by atoms with Gasteiger partial charge in [0.05, 0.1) is 5.39 Å². The van der Waals surface area contributed by atoms with Gasteiger partial charge in [0.1, 0.15) is 16.9 Å². The molecule has 5 aromatic carbocycles. The number of hydrogen-bond donors (Lipinski definition) is 2. The highest BCUT2D eigenvalue weighted by molar-refractivity contribution is 6.09. The Bertz CT molecular complexity index is 1820. The molecule has 0 aliphatic carbocycles. The molecule has 0 amide bonds. The quantitative estimate of drug-likeness (QED) is 0.194. The minimum Gasteiger partial charge on any atom is -0.506 e. The van der Waals surface area contributed by atoms with Crippen LogP contribution in [0.25, 0.3) is 33.4 Å². The molecule has 0 aliphatic heterocycles. The lowest BCUT2D eigenvalue weighted by atomic mass is 9.89. The van der Waals surface area contributed by atoms with Crippen LogP contribution < -0.4 is 10.9 Å². The van der Waals surface area contributed by atoms with Crippen LogP contribution in [0.5, 0.6) is 5.75 Å². The average molecular weight is 482 g/mol. The van der Waals surface area contributed by atoms with Crippen LogP contribution in [0.15, 0.2) is 131 Å². The van der Waals surface area contributed by atoms with E-state index in [1.54, 1.807) is 18.2 Å². The molecule has 6 aromatic rings. The van der Waals surface area contributed by atoms with E-state index in [-0.39, 0.29) is 11.3 Å². The summed E-state index contributed by atoms with van der Waals surface area (Å²) in [4.78, 5) is 13.5. The smallest absolute Gasteiger partial charge is 0.348 e. The van der Waals surface area contributed by atoms with Gasteiger partial charge >= 0.3 is 5.63 Å². The number of fused-ring (bicyclic) bond motifs is 2. The van der Waals surface area contributed by atoms with Gasteiger partial charge in [-0.25, -0.2) is 4.79 Å². The maximum atomic E-state index is 13.5. The van der Waals surface area contributed by atoms with Crippen LogP contribution >= 0.6 is 0 Å². The molecule has 0 atom stereocenters. The number of hydrogen-bond acceptors (Lipinski definition) is 4. The Morgan fingerprint density at radius 1 is 0.676 bits per heavy atom. The summed E-state index contributed by atoms with van der Waals surface area (Å²) >= 11 is 0. The summed E-state index contributed by atoms with van der Waals surface area (Å²) < 4.78 is 5.71. The Labute approximate surface area is 213 Å². The lowest BCUT2D eigenvalue weighted by Gasteiger charge is -2.19. The zero-order valence-corrected chi connectivity index (χ0v) is 19.9. The fourth-order valence-corrected chi connectivity index (χ4v) is 4.70. The molecule has 1 aromatic heterocycles. The van der Waals surface area contributed by atoms with E-state index in [2.05, 4.69) is 5.32 Å². The van der Waals surface area contributed by atoms with Crippen molar-refractivity contribution in [2.24, 2.45) is 0 Å². The third-order valence-electron chi connectivity index (χ3n) is 6.42. The first-order chi connectivity index (χ1) is 18.2. The number of nitrogens with one attached hydrogen (secondary N) is 1. The third kappa shape index (κ3) is 4.26. The molecule has 0 aliphatic rings. The van der Waals surface area contributed by atoms with Gasteiger partial charge in [-0.1, -0.05) is 91.0 Å². The second kappa shape index (κ2) is 9.51. The maximum Gasteiger partial charge on any atom is 0.348 e. The van der Waals surface area contributed by atoms with Crippen molar-refractivity contribution in [2.75, 3.05) is 5.32 Å². The highest BCUT2D eigenvalue weighted by Crippen LogP contribution is 2.41. The van der Waals surface area contributed by atoms with Crippen LogP contribution in [0.2, 0.25) is 0 Å². The zero-order chi connectivity index (χ0) is 25.2. The third-order valence-corrected chi connectivity index (χ3v) is 6.42. The summed E-state index contributed by atoms with van der Waals surface area (Å²) in [7, 11) is 0. The van der Waals surface area contributed by atoms with E-state index in [1.807, 2.05) is 109 Å². The first kappa shape index (κ1) is 22.4. The Hall–Kier alpha value is -5.09. The van der Waals surface area contributed by atoms with Crippen molar-refractivity contribution in [3.05, 3.63) is 148 Å². The molecule has 0 saturated carbocycles. The molecule has 1 heterocycles. The van der Waals surface area contributed by atoms with Gasteiger partial charge in [0.2, 0.25) is 0 Å². The maximum absolute atomic E-state index is 13.5. The number of anilines is 2. The van der Waals surface area contributed by atoms with Crippen LogP contribution in [0.3, 0.4) is 0 Å². The predicted molar refractivity (Wildman–Crippen MR) is 151 cm³/mol. The van der Waals surface area contributed by atoms with Crippen LogP contribution in [0.4, 0.5) is 11.4 Å². The standard InChI is InChI=1S/C33H23NO3/c35-32-26-17-9-10-18-29(26)37-33(36)31(32)27(21-22-11-3-1-4-12-22)30-25-16-8-7-13-23(25)19-20-28(30)34-24-14-5-2-6-15-24/h1-21,34-35H/b27-21+. The fraction of sp³-hybridized carbons (Fsp3) is 0. The molecule has 0 saturated heterocycles. The van der Waals surface area contributed by atoms with Crippen molar-refractivity contribution in [2.45, 2.75) is 0 Å². The molecule has 6 rings (SSSR count). The van der Waals surface area contributed by atoms with Gasteiger partial charge in [-0.05, 0) is 52.7 Å². The first-order valence-corrected chi connectivity index (χ1v) is 12.1. The van der Waals surface area contributed by atoms with Crippen molar-refractivity contribution in [3.63, 3.8) is 0 Å². The van der Waals surface area contributed by atoms with Gasteiger partial charge in [-0.15, -0.1) is 0 Å². The molecule has 0 fully saturated rings. The Morgan fingerprint density at radius 3 is 2.11 bits per heavy atom. The molecule has 0 bridgehead atoms. The summed E-state index contributed by atoms with van der Waals surface area (Å²) in [6.07, 6.45) is 1.93. The number of rotatable bonds is 5. The van der Waals surface area contributed by atoms with E-state index in [0.29, 0.717) is 16.5 Å². The van der Waals surface area contributed by atoms with Crippen LogP contribution in [-0.4, -0.2) is 5.11 Å². The molecular weight excluding hydrogens is 458 g/mol. The molecule has 2 N–H and O–H groups in total. The minimum atomic E-state index is -0.600. The van der Waals surface area contributed by atoms with E-state index in [4.69, 9.17) is 4.42 Å². The topological polar surface area (TPSA) is 62.5 Å². The summed E-state index contributed by atoms with van der Waals surface area (Å²) in [5.74, 6) is -0.104. The van der Waals surface area contributed by atoms with E-state index in [0.717, 1.165) is 33.3 Å². The van der Waals surface area contributed by atoms with Crippen molar-refractivity contribution in [3.8, 4) is 5.75 Å². The normalized spacial score (nSPS) is 11.6.